The van der Waals surface area contributed by atoms with Crippen LogP contribution in [0.1, 0.15) is 12.8 Å². The molecule has 0 bridgehead atoms. The molecule has 1 aliphatic carbocycles. The second kappa shape index (κ2) is 7.78. The number of carboxylic acids is 1. The number of fused-ring (bicyclic) bond motifs is 1. The SMILES string of the molecule is Cn1ncc2nc(N3CCNCC3)n(CC3CC3)c2c1=O.O=C(O)C(F)(F)F. The highest BCUT2D eigenvalue weighted by Crippen LogP contribution is 2.33. The van der Waals surface area contributed by atoms with Gasteiger partial charge in [0.05, 0.1) is 6.20 Å². The fraction of sp³-hybridized carbons (Fsp3) is 0.625. The molecule has 2 N–H and O–H groups in total. The standard InChI is InChI=1S/C14H20N6O.C2HF3O2/c1-18-13(21)12-11(8-16-18)17-14(19-6-4-15-5-7-19)20(12)9-10-2-3-10;3-2(4,5)1(6)7/h8,10,15H,2-7,9H2,1H3;(H,6,7). The number of nitrogens with zero attached hydrogens (tertiary/aromatic N) is 5. The lowest BCUT2D eigenvalue weighted by Crippen LogP contribution is -2.44. The number of anilines is 1. The van der Waals surface area contributed by atoms with Crippen LogP contribution < -0.4 is 15.8 Å². The van der Waals surface area contributed by atoms with Crippen molar-refractivity contribution in [3.8, 4) is 0 Å². The summed E-state index contributed by atoms with van der Waals surface area (Å²) in [5.74, 6) is -1.13. The van der Waals surface area contributed by atoms with E-state index >= 15 is 0 Å². The van der Waals surface area contributed by atoms with E-state index < -0.39 is 12.1 Å². The van der Waals surface area contributed by atoms with Crippen molar-refractivity contribution in [1.82, 2.24) is 24.6 Å². The predicted octanol–water partition coefficient (Wildman–Crippen LogP) is 0.583. The summed E-state index contributed by atoms with van der Waals surface area (Å²) in [7, 11) is 1.70. The number of rotatable bonds is 3. The minimum atomic E-state index is -5.08. The van der Waals surface area contributed by atoms with Crippen molar-refractivity contribution in [2.24, 2.45) is 13.0 Å². The molecule has 1 saturated carbocycles. The van der Waals surface area contributed by atoms with E-state index in [1.807, 2.05) is 0 Å². The maximum atomic E-state index is 12.5. The smallest absolute Gasteiger partial charge is 0.475 e. The van der Waals surface area contributed by atoms with Gasteiger partial charge in [0.1, 0.15) is 11.0 Å². The Labute approximate surface area is 157 Å². The number of hydrogen-bond donors (Lipinski definition) is 2. The first-order valence-electron chi connectivity index (χ1n) is 8.87. The Morgan fingerprint density at radius 1 is 1.32 bits per heavy atom. The number of aryl methyl sites for hydroxylation is 1. The van der Waals surface area contributed by atoms with E-state index in [-0.39, 0.29) is 5.56 Å². The van der Waals surface area contributed by atoms with Crippen LogP contribution in [0.3, 0.4) is 0 Å². The number of aliphatic carboxylic acids is 1. The van der Waals surface area contributed by atoms with Crippen molar-refractivity contribution in [3.05, 3.63) is 16.6 Å². The van der Waals surface area contributed by atoms with E-state index in [1.165, 1.54) is 17.5 Å². The number of halogens is 3. The van der Waals surface area contributed by atoms with Crippen molar-refractivity contribution in [2.75, 3.05) is 31.1 Å². The largest absolute Gasteiger partial charge is 0.490 e. The molecule has 1 aliphatic heterocycles. The zero-order valence-electron chi connectivity index (χ0n) is 15.2. The Morgan fingerprint density at radius 3 is 2.46 bits per heavy atom. The highest BCUT2D eigenvalue weighted by Gasteiger charge is 2.38. The van der Waals surface area contributed by atoms with E-state index in [4.69, 9.17) is 14.9 Å². The molecule has 1 saturated heterocycles. The number of carbonyl (C=O) groups is 1. The van der Waals surface area contributed by atoms with Gasteiger partial charge in [0, 0.05) is 39.8 Å². The minimum absolute atomic E-state index is 0.0537. The van der Waals surface area contributed by atoms with Gasteiger partial charge in [0.25, 0.3) is 5.56 Å². The zero-order valence-corrected chi connectivity index (χ0v) is 15.2. The van der Waals surface area contributed by atoms with Gasteiger partial charge in [-0.1, -0.05) is 0 Å². The number of alkyl halides is 3. The van der Waals surface area contributed by atoms with E-state index in [1.54, 1.807) is 13.2 Å². The molecule has 4 rings (SSSR count). The Bertz CT molecular complexity index is 913. The van der Waals surface area contributed by atoms with E-state index in [0.717, 1.165) is 38.7 Å². The lowest BCUT2D eigenvalue weighted by molar-refractivity contribution is -0.192. The molecule has 0 unspecified atom stereocenters. The summed E-state index contributed by atoms with van der Waals surface area (Å²) in [4.78, 5) is 28.3. The molecule has 0 spiro atoms. The summed E-state index contributed by atoms with van der Waals surface area (Å²) < 4.78 is 35.3. The number of nitrogens with one attached hydrogen (secondary N) is 1. The van der Waals surface area contributed by atoms with Crippen LogP contribution in [0.15, 0.2) is 11.0 Å². The normalized spacial score (nSPS) is 17.4. The first-order chi connectivity index (χ1) is 13.2. The van der Waals surface area contributed by atoms with E-state index in [9.17, 15) is 18.0 Å². The molecule has 3 heterocycles. The summed E-state index contributed by atoms with van der Waals surface area (Å²) >= 11 is 0. The number of hydrogen-bond acceptors (Lipinski definition) is 6. The van der Waals surface area contributed by atoms with Crippen LogP contribution in [-0.2, 0) is 18.4 Å². The monoisotopic (exact) mass is 402 g/mol. The minimum Gasteiger partial charge on any atom is -0.475 e. The summed E-state index contributed by atoms with van der Waals surface area (Å²) in [6, 6.07) is 0. The fourth-order valence-corrected chi connectivity index (χ4v) is 2.96. The van der Waals surface area contributed by atoms with Crippen molar-refractivity contribution in [1.29, 1.82) is 0 Å². The molecular weight excluding hydrogens is 381 g/mol. The third-order valence-corrected chi connectivity index (χ3v) is 4.60. The molecule has 0 atom stereocenters. The maximum absolute atomic E-state index is 12.5. The summed E-state index contributed by atoms with van der Waals surface area (Å²) in [6.07, 6.45) is -0.871. The topological polar surface area (TPSA) is 105 Å². The van der Waals surface area contributed by atoms with Gasteiger partial charge in [-0.2, -0.15) is 18.3 Å². The van der Waals surface area contributed by atoms with Gasteiger partial charge in [-0.3, -0.25) is 4.79 Å². The van der Waals surface area contributed by atoms with Gasteiger partial charge < -0.3 is 19.9 Å². The van der Waals surface area contributed by atoms with Gasteiger partial charge in [-0.25, -0.2) is 14.5 Å². The molecule has 2 aromatic heterocycles. The second-order valence-corrected chi connectivity index (χ2v) is 6.81. The van der Waals surface area contributed by atoms with Crippen molar-refractivity contribution in [2.45, 2.75) is 25.6 Å². The third-order valence-electron chi connectivity index (χ3n) is 4.60. The summed E-state index contributed by atoms with van der Waals surface area (Å²) in [5.41, 5.74) is 1.36. The van der Waals surface area contributed by atoms with E-state index in [0.29, 0.717) is 17.0 Å². The Morgan fingerprint density at radius 2 is 1.93 bits per heavy atom. The molecule has 154 valence electrons. The number of piperazine rings is 1. The van der Waals surface area contributed by atoms with Crippen LogP contribution in [-0.4, -0.2) is 62.8 Å². The number of imidazole rings is 1. The van der Waals surface area contributed by atoms with Gasteiger partial charge >= 0.3 is 12.1 Å². The quantitative estimate of drug-likeness (QED) is 0.774. The van der Waals surface area contributed by atoms with Gasteiger partial charge in [-0.05, 0) is 18.8 Å². The average Bonchev–Trinajstić information content (AvgIpc) is 3.38. The highest BCUT2D eigenvalue weighted by molar-refractivity contribution is 5.77. The molecule has 12 heteroatoms. The molecule has 2 fully saturated rings. The fourth-order valence-electron chi connectivity index (χ4n) is 2.96. The van der Waals surface area contributed by atoms with Crippen LogP contribution in [0.4, 0.5) is 19.1 Å². The van der Waals surface area contributed by atoms with Crippen molar-refractivity contribution >= 4 is 23.0 Å². The molecule has 9 nitrogen and oxygen atoms in total. The second-order valence-electron chi connectivity index (χ2n) is 6.81. The molecule has 2 aliphatic rings. The molecule has 0 aromatic carbocycles. The zero-order chi connectivity index (χ0) is 20.5. The van der Waals surface area contributed by atoms with Crippen LogP contribution in [0, 0.1) is 5.92 Å². The first kappa shape index (κ1) is 20.1. The van der Waals surface area contributed by atoms with Crippen LogP contribution in [0.5, 0.6) is 0 Å². The van der Waals surface area contributed by atoms with Crippen LogP contribution >= 0.6 is 0 Å². The first-order valence-corrected chi connectivity index (χ1v) is 8.87. The number of carboxylic acid groups (broad SMARTS) is 1. The van der Waals surface area contributed by atoms with Gasteiger partial charge in [0.15, 0.2) is 0 Å². The van der Waals surface area contributed by atoms with Crippen LogP contribution in [0.25, 0.3) is 11.0 Å². The summed E-state index contributed by atoms with van der Waals surface area (Å²) in [6.45, 7) is 4.68. The molecule has 0 amide bonds. The van der Waals surface area contributed by atoms with Crippen molar-refractivity contribution in [3.63, 3.8) is 0 Å². The summed E-state index contributed by atoms with van der Waals surface area (Å²) in [5, 5.41) is 14.6. The Hall–Kier alpha value is -2.63. The van der Waals surface area contributed by atoms with E-state index in [2.05, 4.69) is 19.9 Å². The molecule has 0 radical (unpaired) electrons. The number of aromatic nitrogens is 4. The lowest BCUT2D eigenvalue weighted by Gasteiger charge is -2.28. The predicted molar refractivity (Wildman–Crippen MR) is 94.3 cm³/mol. The van der Waals surface area contributed by atoms with Gasteiger partial charge in [-0.15, -0.1) is 0 Å². The van der Waals surface area contributed by atoms with Crippen molar-refractivity contribution < 1.29 is 23.1 Å². The van der Waals surface area contributed by atoms with Crippen LogP contribution in [0.2, 0.25) is 0 Å². The molecular formula is C16H21F3N6O3. The molecule has 2 aromatic rings. The Kier molecular flexibility index (Phi) is 5.59. The third kappa shape index (κ3) is 4.43. The lowest BCUT2D eigenvalue weighted by atomic mass is 10.3. The average molecular weight is 402 g/mol. The highest BCUT2D eigenvalue weighted by atomic mass is 19.4. The Balaban J connectivity index is 0.000000279. The molecule has 28 heavy (non-hydrogen) atoms. The maximum Gasteiger partial charge on any atom is 0.490 e. The van der Waals surface area contributed by atoms with Gasteiger partial charge in [0.2, 0.25) is 5.95 Å².